The molecule has 1 amide bonds. The van der Waals surface area contributed by atoms with Gasteiger partial charge in [0.25, 0.3) is 5.91 Å². The summed E-state index contributed by atoms with van der Waals surface area (Å²) in [5.74, 6) is -2.22. The van der Waals surface area contributed by atoms with Gasteiger partial charge in [-0.15, -0.1) is 0 Å². The van der Waals surface area contributed by atoms with Crippen molar-refractivity contribution in [3.8, 4) is 0 Å². The smallest absolute Gasteiger partial charge is 0.329 e. The van der Waals surface area contributed by atoms with Crippen LogP contribution in [0.5, 0.6) is 0 Å². The van der Waals surface area contributed by atoms with E-state index in [9.17, 15) is 19.2 Å². The second kappa shape index (κ2) is 24.3. The van der Waals surface area contributed by atoms with Crippen LogP contribution >= 0.6 is 0 Å². The van der Waals surface area contributed by atoms with Crippen LogP contribution in [0.1, 0.15) is 160 Å². The fourth-order valence-electron chi connectivity index (χ4n) is 10.8. The van der Waals surface area contributed by atoms with Gasteiger partial charge in [0.05, 0.1) is 36.1 Å². The molecule has 0 aromatic carbocycles. The molecule has 2 bridgehead atoms. The lowest BCUT2D eigenvalue weighted by molar-refractivity contribution is -0.165. The second-order valence-electron chi connectivity index (χ2n) is 24.9. The minimum Gasteiger partial charge on any atom is -0.456 e. The van der Waals surface area contributed by atoms with Gasteiger partial charge in [-0.05, 0) is 132 Å². The minimum atomic E-state index is -2.50. The molecule has 13 atom stereocenters. The summed E-state index contributed by atoms with van der Waals surface area (Å²) in [4.78, 5) is 59.7. The monoisotopic (exact) mass is 1000 g/mol. The Hall–Kier alpha value is -2.05. The third-order valence-corrected chi connectivity index (χ3v) is 26.1. The van der Waals surface area contributed by atoms with E-state index >= 15 is 0 Å². The lowest BCUT2D eigenvalue weighted by atomic mass is 9.81. The third-order valence-electron chi connectivity index (χ3n) is 17.1. The molecule has 3 fully saturated rings. The van der Waals surface area contributed by atoms with Crippen molar-refractivity contribution >= 4 is 40.1 Å². The van der Waals surface area contributed by atoms with Crippen molar-refractivity contribution in [1.82, 2.24) is 4.90 Å². The predicted molar refractivity (Wildman–Crippen MR) is 279 cm³/mol. The van der Waals surface area contributed by atoms with Gasteiger partial charge in [-0.2, -0.15) is 0 Å². The number of ketones is 2. The van der Waals surface area contributed by atoms with E-state index in [1.165, 1.54) is 4.90 Å². The van der Waals surface area contributed by atoms with Gasteiger partial charge >= 0.3 is 5.97 Å². The van der Waals surface area contributed by atoms with Crippen molar-refractivity contribution in [2.75, 3.05) is 27.9 Å². The fraction of sp³-hybridized carbons (Fsp3) is 0.855. The van der Waals surface area contributed by atoms with E-state index in [0.29, 0.717) is 38.5 Å². The van der Waals surface area contributed by atoms with Crippen molar-refractivity contribution in [2.24, 2.45) is 23.7 Å². The normalized spacial score (nSPS) is 36.0. The van der Waals surface area contributed by atoms with Crippen LogP contribution in [0, 0.1) is 23.7 Å². The maximum atomic E-state index is 14.9. The number of fused-ring (bicyclic) bond motifs is 3. The van der Waals surface area contributed by atoms with E-state index in [1.807, 2.05) is 20.8 Å². The number of rotatable bonds is 10. The Morgan fingerprint density at radius 1 is 0.812 bits per heavy atom. The Labute approximate surface area is 420 Å². The average Bonchev–Trinajstić information content (AvgIpc) is 3.60. The molecule has 396 valence electrons. The molecule has 1 saturated carbocycles. The SMILES string of the molecule is CC[C@@H]1/C=C(\C)C[C@H](C)C[C@H](OC)[C@H]2O[C@@](C)(CC(=O)C(=O)N3CCCC[C@H]3C(=O)O[C@H](/C(C)=C/[C@@H]3CC[C@@H](O[Si](C)(C)C(C)(C)C)[C@H](OC)C3)[C@H](C)[C@@H](O[Si](C)(C)C(C)(C)C)CC1=O)C[C@@H]2OC. The number of nitrogens with zero attached hydrogens (tertiary/aromatic N) is 1. The molecular weight excluding hydrogens is 907 g/mol. The molecule has 4 aliphatic rings. The molecule has 0 N–H and O–H groups in total. The summed E-state index contributed by atoms with van der Waals surface area (Å²) in [5, 5.41) is -0.0980. The number of piperidine rings is 1. The summed E-state index contributed by atoms with van der Waals surface area (Å²) in [5.41, 5.74) is 1.01. The number of amides is 1. The van der Waals surface area contributed by atoms with Crippen LogP contribution in [0.3, 0.4) is 0 Å². The summed E-state index contributed by atoms with van der Waals surface area (Å²) in [7, 11) is 0.510. The highest BCUT2D eigenvalue weighted by Gasteiger charge is 2.51. The van der Waals surface area contributed by atoms with Gasteiger partial charge in [0.15, 0.2) is 16.6 Å². The molecule has 14 heteroatoms. The highest BCUT2D eigenvalue weighted by molar-refractivity contribution is 6.74. The Kier molecular flexibility index (Phi) is 21.0. The fourth-order valence-corrected chi connectivity index (χ4v) is 13.6. The van der Waals surface area contributed by atoms with Gasteiger partial charge in [-0.1, -0.05) is 80.0 Å². The zero-order valence-corrected chi connectivity index (χ0v) is 48.7. The molecule has 69 heavy (non-hydrogen) atoms. The lowest BCUT2D eigenvalue weighted by Crippen LogP contribution is -2.53. The van der Waals surface area contributed by atoms with Crippen molar-refractivity contribution in [3.63, 3.8) is 0 Å². The summed E-state index contributed by atoms with van der Waals surface area (Å²) in [6.45, 7) is 34.9. The largest absolute Gasteiger partial charge is 0.456 e. The standard InChI is InChI=1S/C55H97NO11Si2/c1-20-40-28-35(2)27-36(3)29-47(62-14)50-48(63-15)34-55(12,65-50)33-43(58)51(59)56-26-22-21-23-41(56)52(60)64-49(38(5)45(32-42(40)57)67-69(18,19)54(9,10)11)37(4)30-39-24-25-44(46(31-39)61-13)66-68(16,17)53(6,7)8/h28,30,36,38-41,44-50H,20-27,29,31-34H2,1-19H3/b35-28+,37-30+/t36-,38+,39-,40+,41-,44+,45-,46+,47-,48-,49+,50+,55-/m0/s1. The van der Waals surface area contributed by atoms with Crippen LogP contribution in [0.2, 0.25) is 36.3 Å². The van der Waals surface area contributed by atoms with E-state index in [1.54, 1.807) is 21.3 Å². The van der Waals surface area contributed by atoms with E-state index in [4.69, 9.17) is 32.5 Å². The van der Waals surface area contributed by atoms with Gasteiger partial charge in [0.2, 0.25) is 5.78 Å². The highest BCUT2D eigenvalue weighted by atomic mass is 28.4. The number of allylic oxidation sites excluding steroid dienone is 3. The molecule has 0 radical (unpaired) electrons. The summed E-state index contributed by atoms with van der Waals surface area (Å²) >= 11 is 0. The topological polar surface area (TPSA) is 136 Å². The van der Waals surface area contributed by atoms with E-state index in [-0.39, 0.29) is 77.4 Å². The van der Waals surface area contributed by atoms with Crippen LogP contribution in [-0.4, -0.2) is 127 Å². The molecule has 3 aliphatic heterocycles. The Balaban J connectivity index is 1.83. The zero-order chi connectivity index (χ0) is 52.0. The predicted octanol–water partition coefficient (Wildman–Crippen LogP) is 11.4. The molecule has 1 aliphatic carbocycles. The van der Waals surface area contributed by atoms with Gasteiger partial charge in [-0.3, -0.25) is 14.4 Å². The molecule has 3 heterocycles. The first-order valence-electron chi connectivity index (χ1n) is 26.5. The molecule has 4 rings (SSSR count). The van der Waals surface area contributed by atoms with Crippen LogP contribution in [-0.2, 0) is 51.7 Å². The molecule has 0 aromatic heterocycles. The maximum Gasteiger partial charge on any atom is 0.329 e. The van der Waals surface area contributed by atoms with Crippen molar-refractivity contribution in [1.29, 1.82) is 0 Å². The first-order chi connectivity index (χ1) is 31.9. The van der Waals surface area contributed by atoms with Crippen LogP contribution in [0.15, 0.2) is 23.3 Å². The van der Waals surface area contributed by atoms with E-state index < -0.39 is 70.2 Å². The van der Waals surface area contributed by atoms with Gasteiger partial charge in [0.1, 0.15) is 24.0 Å². The number of carbonyl (C=O) groups excluding carboxylic acids is 4. The Bertz CT molecular complexity index is 1820. The Morgan fingerprint density at radius 3 is 1.97 bits per heavy atom. The van der Waals surface area contributed by atoms with Crippen molar-refractivity contribution < 1.29 is 51.7 Å². The van der Waals surface area contributed by atoms with Gasteiger partial charge in [0, 0.05) is 59.0 Å². The number of carbonyl (C=O) groups is 4. The van der Waals surface area contributed by atoms with Crippen LogP contribution in [0.4, 0.5) is 0 Å². The highest BCUT2D eigenvalue weighted by Crippen LogP contribution is 2.44. The molecule has 12 nitrogen and oxygen atoms in total. The number of Topliss-reactive ketones (excluding diaryl/α,β-unsaturated/α-hetero) is 2. The first-order valence-corrected chi connectivity index (χ1v) is 32.3. The van der Waals surface area contributed by atoms with E-state index in [2.05, 4.69) is 101 Å². The second-order valence-corrected chi connectivity index (χ2v) is 34.5. The number of hydrogen-bond donors (Lipinski definition) is 0. The number of methoxy groups -OCH3 is 3. The van der Waals surface area contributed by atoms with Crippen LogP contribution in [0.25, 0.3) is 0 Å². The van der Waals surface area contributed by atoms with E-state index in [0.717, 1.165) is 36.8 Å². The van der Waals surface area contributed by atoms with Crippen molar-refractivity contribution in [3.05, 3.63) is 23.3 Å². The first kappa shape index (κ1) is 59.5. The number of cyclic esters (lactones) is 1. The minimum absolute atomic E-state index is 0.0116. The zero-order valence-electron chi connectivity index (χ0n) is 46.7. The summed E-state index contributed by atoms with van der Waals surface area (Å²) < 4.78 is 45.9. The number of hydrogen-bond acceptors (Lipinski definition) is 11. The maximum absolute atomic E-state index is 14.9. The molecular formula is C55H97NO11Si2. The summed E-state index contributed by atoms with van der Waals surface area (Å²) in [6, 6.07) is -0.952. The van der Waals surface area contributed by atoms with Gasteiger partial charge in [-0.25, -0.2) is 4.79 Å². The lowest BCUT2D eigenvalue weighted by Gasteiger charge is -2.44. The quantitative estimate of drug-likeness (QED) is 0.0895. The van der Waals surface area contributed by atoms with Crippen molar-refractivity contribution in [2.45, 2.75) is 251 Å². The number of esters is 1. The summed E-state index contributed by atoms with van der Waals surface area (Å²) in [6.07, 6.45) is 8.46. The molecule has 0 aromatic rings. The average molecular weight is 1000 g/mol. The molecule has 2 saturated heterocycles. The third kappa shape index (κ3) is 15.3. The Morgan fingerprint density at radius 2 is 1.41 bits per heavy atom. The molecule has 0 unspecified atom stereocenters. The van der Waals surface area contributed by atoms with Crippen LogP contribution < -0.4 is 0 Å². The van der Waals surface area contributed by atoms with Gasteiger partial charge < -0.3 is 37.4 Å². The number of ether oxygens (including phenoxy) is 5. The molecule has 0 spiro atoms.